The Morgan fingerprint density at radius 3 is 2.14 bits per heavy atom. The van der Waals surface area contributed by atoms with Crippen LogP contribution in [0.2, 0.25) is 5.02 Å². The number of carbonyl (C=O) groups is 2. The number of hydrogen-bond donors (Lipinski definition) is 0. The minimum Gasteiger partial charge on any atom is -0.299 e. The number of rotatable bonds is 3. The Morgan fingerprint density at radius 1 is 0.806 bits per heavy atom. The summed E-state index contributed by atoms with van der Waals surface area (Å²) in [4.78, 5) is 31.2. The summed E-state index contributed by atoms with van der Waals surface area (Å²) >= 11 is 13.3. The monoisotopic (exact) mass is 512 g/mol. The Morgan fingerprint density at radius 2 is 1.44 bits per heavy atom. The summed E-state index contributed by atoms with van der Waals surface area (Å²) in [5.41, 5.74) is 2.85. The van der Waals surface area contributed by atoms with Gasteiger partial charge in [0, 0.05) is 17.0 Å². The van der Waals surface area contributed by atoms with Crippen molar-refractivity contribution in [1.29, 1.82) is 0 Å². The van der Waals surface area contributed by atoms with Crippen molar-refractivity contribution in [1.82, 2.24) is 0 Å². The molecule has 4 aromatic rings. The molecular weight excluding hydrogens is 491 g/mol. The third-order valence-corrected chi connectivity index (χ3v) is 7.98. The molecule has 2 aliphatic heterocycles. The largest absolute Gasteiger partial charge is 0.299 e. The first kappa shape index (κ1) is 22.8. The highest BCUT2D eigenvalue weighted by Gasteiger charge is 2.64. The van der Waals surface area contributed by atoms with Crippen LogP contribution in [0, 0.1) is 0 Å². The lowest BCUT2D eigenvalue weighted by Crippen LogP contribution is -2.70. The van der Waals surface area contributed by atoms with Gasteiger partial charge in [0.25, 0.3) is 5.91 Å². The van der Waals surface area contributed by atoms with Gasteiger partial charge < -0.3 is 0 Å². The summed E-state index contributed by atoms with van der Waals surface area (Å²) in [6.07, 6.45) is 0.407. The molecule has 0 aromatic heterocycles. The van der Waals surface area contributed by atoms with Gasteiger partial charge >= 0.3 is 0 Å². The average Bonchev–Trinajstić information content (AvgIpc) is 3.05. The second kappa shape index (κ2) is 8.81. The molecule has 36 heavy (non-hydrogen) atoms. The first-order chi connectivity index (χ1) is 17.5. The standard InChI is InChI=1S/C30H22Cl2N2O2/c31-23-15-9-12-21(18-23)26-19-30(22-13-5-2-6-14-22)27(32)29(36)34(30)25-17-8-7-16-24(25)33(26)28(35)20-10-3-1-4-11-20/h1-18,26-27H,19H2/t26-,27+,30-/m1/s1. The van der Waals surface area contributed by atoms with E-state index in [4.69, 9.17) is 23.2 Å². The Balaban J connectivity index is 1.64. The highest BCUT2D eigenvalue weighted by Crippen LogP contribution is 2.58. The molecule has 0 radical (unpaired) electrons. The Labute approximate surface area is 219 Å². The lowest BCUT2D eigenvalue weighted by molar-refractivity contribution is -0.127. The Hall–Kier alpha value is -3.60. The van der Waals surface area contributed by atoms with E-state index in [0.717, 1.165) is 11.1 Å². The zero-order valence-corrected chi connectivity index (χ0v) is 20.7. The number of halogens is 2. The normalized spacial score (nSPS) is 22.8. The molecule has 4 aromatic carbocycles. The van der Waals surface area contributed by atoms with Gasteiger partial charge in [0.2, 0.25) is 5.91 Å². The van der Waals surface area contributed by atoms with E-state index in [-0.39, 0.29) is 11.8 Å². The van der Waals surface area contributed by atoms with E-state index < -0.39 is 17.0 Å². The molecule has 1 fully saturated rings. The molecule has 0 saturated carbocycles. The summed E-state index contributed by atoms with van der Waals surface area (Å²) < 4.78 is 0. The third-order valence-electron chi connectivity index (χ3n) is 7.20. The zero-order chi connectivity index (χ0) is 24.9. The number of carbonyl (C=O) groups excluding carboxylic acids is 2. The number of benzene rings is 4. The maximum absolute atomic E-state index is 14.2. The van der Waals surface area contributed by atoms with Gasteiger partial charge in [-0.2, -0.15) is 0 Å². The van der Waals surface area contributed by atoms with E-state index in [2.05, 4.69) is 0 Å². The molecular formula is C30H22Cl2N2O2. The van der Waals surface area contributed by atoms with E-state index >= 15 is 0 Å². The van der Waals surface area contributed by atoms with Crippen molar-refractivity contribution in [2.45, 2.75) is 23.4 Å². The fraction of sp³-hybridized carbons (Fsp3) is 0.133. The minimum absolute atomic E-state index is 0.155. The second-order valence-corrected chi connectivity index (χ2v) is 10.0. The fourth-order valence-electron chi connectivity index (χ4n) is 5.57. The fourth-order valence-corrected chi connectivity index (χ4v) is 6.18. The maximum Gasteiger partial charge on any atom is 0.258 e. The minimum atomic E-state index is -0.839. The third kappa shape index (κ3) is 3.36. The van der Waals surface area contributed by atoms with E-state index in [1.165, 1.54) is 0 Å². The van der Waals surface area contributed by atoms with E-state index in [1.807, 2.05) is 109 Å². The van der Waals surface area contributed by atoms with Crippen molar-refractivity contribution < 1.29 is 9.59 Å². The first-order valence-electron chi connectivity index (χ1n) is 11.8. The number of hydrogen-bond acceptors (Lipinski definition) is 2. The molecule has 2 amide bonds. The van der Waals surface area contributed by atoms with E-state index in [0.29, 0.717) is 28.4 Å². The molecule has 6 heteroatoms. The van der Waals surface area contributed by atoms with Gasteiger partial charge in [-0.1, -0.05) is 84.4 Å². The highest BCUT2D eigenvalue weighted by molar-refractivity contribution is 6.38. The van der Waals surface area contributed by atoms with Crippen molar-refractivity contribution in [2.75, 3.05) is 9.80 Å². The van der Waals surface area contributed by atoms with Gasteiger partial charge in [0.15, 0.2) is 0 Å². The van der Waals surface area contributed by atoms with Crippen LogP contribution >= 0.6 is 23.2 Å². The van der Waals surface area contributed by atoms with Crippen molar-refractivity contribution in [3.63, 3.8) is 0 Å². The smallest absolute Gasteiger partial charge is 0.258 e. The quantitative estimate of drug-likeness (QED) is 0.219. The lowest BCUT2D eigenvalue weighted by Gasteiger charge is -2.55. The van der Waals surface area contributed by atoms with Crippen LogP contribution in [-0.4, -0.2) is 17.2 Å². The highest BCUT2D eigenvalue weighted by atomic mass is 35.5. The molecule has 3 atom stereocenters. The molecule has 0 bridgehead atoms. The van der Waals surface area contributed by atoms with E-state index in [1.54, 1.807) is 9.80 Å². The van der Waals surface area contributed by atoms with Gasteiger partial charge in [-0.05, 0) is 47.5 Å². The van der Waals surface area contributed by atoms with Crippen LogP contribution in [0.5, 0.6) is 0 Å². The summed E-state index contributed by atoms with van der Waals surface area (Å²) in [6, 6.07) is 33.7. The lowest BCUT2D eigenvalue weighted by atomic mass is 9.72. The molecule has 6 rings (SSSR count). The maximum atomic E-state index is 14.2. The zero-order valence-electron chi connectivity index (χ0n) is 19.2. The topological polar surface area (TPSA) is 40.6 Å². The van der Waals surface area contributed by atoms with Crippen molar-refractivity contribution in [3.05, 3.63) is 131 Å². The number of anilines is 2. The second-order valence-electron chi connectivity index (χ2n) is 9.13. The van der Waals surface area contributed by atoms with Crippen LogP contribution in [0.3, 0.4) is 0 Å². The number of amides is 2. The molecule has 1 saturated heterocycles. The molecule has 0 unspecified atom stereocenters. The summed E-state index contributed by atoms with van der Waals surface area (Å²) in [6.45, 7) is 0. The van der Waals surface area contributed by atoms with Gasteiger partial charge in [0.05, 0.1) is 17.4 Å². The number of para-hydroxylation sites is 2. The van der Waals surface area contributed by atoms with Crippen LogP contribution < -0.4 is 9.80 Å². The SMILES string of the molecule is O=C(c1ccccc1)N1c2ccccc2N2C(=O)[C@H](Cl)[C@]2(c2ccccc2)C[C@@H]1c1cccc(Cl)c1. The van der Waals surface area contributed by atoms with Crippen molar-refractivity contribution >= 4 is 46.4 Å². The van der Waals surface area contributed by atoms with Crippen LogP contribution in [-0.2, 0) is 10.3 Å². The summed E-state index contributed by atoms with van der Waals surface area (Å²) in [7, 11) is 0. The van der Waals surface area contributed by atoms with Crippen LogP contribution in [0.25, 0.3) is 0 Å². The Bertz CT molecular complexity index is 1460. The van der Waals surface area contributed by atoms with Gasteiger partial charge in [-0.3, -0.25) is 19.4 Å². The van der Waals surface area contributed by atoms with Gasteiger partial charge in [-0.15, -0.1) is 11.6 Å². The van der Waals surface area contributed by atoms with Crippen LogP contribution in [0.15, 0.2) is 109 Å². The number of fused-ring (bicyclic) bond motifs is 3. The molecule has 2 heterocycles. The number of β-lactam (4-membered cyclic amide) rings is 1. The average molecular weight is 513 g/mol. The van der Waals surface area contributed by atoms with Gasteiger partial charge in [0.1, 0.15) is 10.9 Å². The molecule has 0 N–H and O–H groups in total. The van der Waals surface area contributed by atoms with Crippen LogP contribution in [0.4, 0.5) is 11.4 Å². The first-order valence-corrected chi connectivity index (χ1v) is 12.6. The van der Waals surface area contributed by atoms with Crippen molar-refractivity contribution in [3.8, 4) is 0 Å². The number of alkyl halides is 1. The predicted octanol–water partition coefficient (Wildman–Crippen LogP) is 6.98. The van der Waals surface area contributed by atoms with Gasteiger partial charge in [-0.25, -0.2) is 0 Å². The summed E-state index contributed by atoms with van der Waals surface area (Å²) in [5.74, 6) is -0.330. The van der Waals surface area contributed by atoms with Crippen LogP contribution in [0.1, 0.15) is 33.9 Å². The predicted molar refractivity (Wildman–Crippen MR) is 144 cm³/mol. The van der Waals surface area contributed by atoms with Crippen molar-refractivity contribution in [2.24, 2.45) is 0 Å². The molecule has 0 aliphatic carbocycles. The summed E-state index contributed by atoms with van der Waals surface area (Å²) in [5, 5.41) is -0.198. The molecule has 178 valence electrons. The molecule has 4 nitrogen and oxygen atoms in total. The molecule has 0 spiro atoms. The number of nitrogens with zero attached hydrogens (tertiary/aromatic N) is 2. The van der Waals surface area contributed by atoms with E-state index in [9.17, 15) is 9.59 Å². The molecule has 2 aliphatic rings. The Kier molecular flexibility index (Phi) is 5.59.